The van der Waals surface area contributed by atoms with Gasteiger partial charge in [0.2, 0.25) is 11.8 Å². The number of carbonyl (C=O) groups is 4. The van der Waals surface area contributed by atoms with Crippen LogP contribution in [-0.4, -0.2) is 85.4 Å². The van der Waals surface area contributed by atoms with Crippen LogP contribution in [-0.2, 0) is 25.6 Å². The highest BCUT2D eigenvalue weighted by atomic mass is 16.3. The maximum absolute atomic E-state index is 15.0. The van der Waals surface area contributed by atoms with E-state index in [0.717, 1.165) is 32.1 Å². The average Bonchev–Trinajstić information content (AvgIpc) is 3.62. The molecule has 2 aromatic heterocycles. The first-order valence-electron chi connectivity index (χ1n) is 17.4. The number of nitrogens with one attached hydrogen (secondary N) is 3. The van der Waals surface area contributed by atoms with Crippen LogP contribution in [0.3, 0.4) is 0 Å². The zero-order valence-corrected chi connectivity index (χ0v) is 29.2. The zero-order chi connectivity index (χ0) is 36.3. The number of nitrogens with two attached hydrogens (primary N) is 3. The number of hydrogen-bond acceptors (Lipinski definition) is 11. The molecule has 3 rings (SSSR count). The molecule has 0 aromatic carbocycles. The van der Waals surface area contributed by atoms with Gasteiger partial charge >= 0.3 is 0 Å². The molecule has 0 spiro atoms. The molecule has 0 radical (unpaired) electrons. The Kier molecular flexibility index (Phi) is 15.0. The number of pyridine rings is 1. The molecular weight excluding hydrogens is 628 g/mol. The van der Waals surface area contributed by atoms with E-state index in [1.165, 1.54) is 18.7 Å². The van der Waals surface area contributed by atoms with E-state index >= 15 is 0 Å². The molecule has 14 heteroatoms. The molecule has 2 heterocycles. The fourth-order valence-electron chi connectivity index (χ4n) is 6.91. The number of nitrogens with zero attached hydrogens (tertiary/aromatic N) is 2. The van der Waals surface area contributed by atoms with Gasteiger partial charge in [0, 0.05) is 24.9 Å². The minimum Gasteiger partial charge on any atom is -0.389 e. The lowest BCUT2D eigenvalue weighted by atomic mass is 9.63. The fourth-order valence-corrected chi connectivity index (χ4v) is 6.91. The molecule has 0 saturated heterocycles. The van der Waals surface area contributed by atoms with E-state index in [9.17, 15) is 29.4 Å². The van der Waals surface area contributed by atoms with Gasteiger partial charge in [-0.1, -0.05) is 72.3 Å². The zero-order valence-electron chi connectivity index (χ0n) is 29.2. The van der Waals surface area contributed by atoms with Gasteiger partial charge in [-0.05, 0) is 36.3 Å². The summed E-state index contributed by atoms with van der Waals surface area (Å²) in [6.07, 6.45) is 6.46. The maximum atomic E-state index is 15.0. The van der Waals surface area contributed by atoms with Crippen molar-refractivity contribution >= 4 is 23.4 Å². The predicted octanol–water partition coefficient (Wildman–Crippen LogP) is 0.822. The van der Waals surface area contributed by atoms with Crippen molar-refractivity contribution in [3.8, 4) is 0 Å². The number of rotatable bonds is 19. The first kappa shape index (κ1) is 39.9. The quantitative estimate of drug-likeness (QED) is 0.0962. The number of aliphatic hydroxyl groups is 2. The third-order valence-electron chi connectivity index (χ3n) is 10.2. The van der Waals surface area contributed by atoms with Crippen LogP contribution in [0.5, 0.6) is 0 Å². The van der Waals surface area contributed by atoms with Gasteiger partial charge in [0.1, 0.15) is 17.6 Å². The SMILES string of the molecule is CC[C@H](C)[C@H](N)C(=O)C(NC(=O)[C@](C(=O)[C@H](Cc1c[nH]cn1)NC(=O)CN)(C(C)C)[C@@H](O)[C@H](O)[C@@H](N)CC1CCCCC1)c1ccccn1. The van der Waals surface area contributed by atoms with E-state index in [1.54, 1.807) is 32.0 Å². The number of aromatic nitrogens is 3. The van der Waals surface area contributed by atoms with Crippen molar-refractivity contribution in [1.82, 2.24) is 25.6 Å². The largest absolute Gasteiger partial charge is 0.389 e. The summed E-state index contributed by atoms with van der Waals surface area (Å²) in [5, 5.41) is 29.2. The van der Waals surface area contributed by atoms with Crippen LogP contribution in [0.15, 0.2) is 36.9 Å². The van der Waals surface area contributed by atoms with Gasteiger partial charge in [0.25, 0.3) is 0 Å². The van der Waals surface area contributed by atoms with Gasteiger partial charge in [0.05, 0.1) is 42.4 Å². The van der Waals surface area contributed by atoms with Crippen molar-refractivity contribution in [3.05, 3.63) is 48.3 Å². The number of imidazole rings is 1. The Morgan fingerprint density at radius 3 is 2.29 bits per heavy atom. The highest BCUT2D eigenvalue weighted by Gasteiger charge is 2.59. The minimum absolute atomic E-state index is 0.158. The molecule has 1 saturated carbocycles. The van der Waals surface area contributed by atoms with E-state index in [0.29, 0.717) is 18.5 Å². The number of amides is 2. The van der Waals surface area contributed by atoms with E-state index in [1.807, 2.05) is 13.8 Å². The third-order valence-corrected chi connectivity index (χ3v) is 10.2. The molecule has 0 bridgehead atoms. The molecule has 2 aromatic rings. The maximum Gasteiger partial charge on any atom is 0.237 e. The lowest BCUT2D eigenvalue weighted by Gasteiger charge is -2.44. The number of ketones is 2. The summed E-state index contributed by atoms with van der Waals surface area (Å²) in [6.45, 7) is 6.36. The van der Waals surface area contributed by atoms with Crippen LogP contribution in [0.1, 0.15) is 90.1 Å². The number of aliphatic hydroxyl groups excluding tert-OH is 2. The molecule has 14 nitrogen and oxygen atoms in total. The summed E-state index contributed by atoms with van der Waals surface area (Å²) >= 11 is 0. The van der Waals surface area contributed by atoms with Gasteiger partial charge in [-0.25, -0.2) is 4.98 Å². The van der Waals surface area contributed by atoms with Crippen LogP contribution in [0.25, 0.3) is 0 Å². The highest BCUT2D eigenvalue weighted by Crippen LogP contribution is 2.39. The molecule has 11 N–H and O–H groups in total. The van der Waals surface area contributed by atoms with Gasteiger partial charge < -0.3 is 43.0 Å². The molecule has 1 unspecified atom stereocenters. The number of carbonyl (C=O) groups excluding carboxylic acids is 4. The van der Waals surface area contributed by atoms with Crippen LogP contribution in [0.2, 0.25) is 0 Å². The summed E-state index contributed by atoms with van der Waals surface area (Å²) < 4.78 is 0. The van der Waals surface area contributed by atoms with Crippen molar-refractivity contribution in [3.63, 3.8) is 0 Å². The Balaban J connectivity index is 2.16. The molecule has 8 atom stereocenters. The molecule has 1 aliphatic carbocycles. The smallest absolute Gasteiger partial charge is 0.237 e. The summed E-state index contributed by atoms with van der Waals surface area (Å²) in [5.74, 6) is -4.18. The van der Waals surface area contributed by atoms with E-state index in [-0.39, 0.29) is 24.0 Å². The van der Waals surface area contributed by atoms with Crippen molar-refractivity contribution in [2.75, 3.05) is 6.54 Å². The predicted molar refractivity (Wildman–Crippen MR) is 184 cm³/mol. The van der Waals surface area contributed by atoms with E-state index < -0.39 is 77.6 Å². The van der Waals surface area contributed by atoms with Crippen molar-refractivity contribution in [2.45, 2.75) is 115 Å². The summed E-state index contributed by atoms with van der Waals surface area (Å²) in [4.78, 5) is 67.7. The number of aromatic amines is 1. The lowest BCUT2D eigenvalue weighted by molar-refractivity contribution is -0.167. The van der Waals surface area contributed by atoms with Gasteiger partial charge in [-0.3, -0.25) is 24.2 Å². The van der Waals surface area contributed by atoms with Crippen molar-refractivity contribution < 1.29 is 29.4 Å². The second kappa shape index (κ2) is 18.4. The van der Waals surface area contributed by atoms with Gasteiger partial charge in [0.15, 0.2) is 11.6 Å². The van der Waals surface area contributed by atoms with Gasteiger partial charge in [-0.15, -0.1) is 0 Å². The fraction of sp³-hybridized carbons (Fsp3) is 0.657. The Hall–Kier alpha value is -3.56. The Morgan fingerprint density at radius 2 is 1.73 bits per heavy atom. The highest BCUT2D eigenvalue weighted by molar-refractivity contribution is 6.11. The average molecular weight is 685 g/mol. The minimum atomic E-state index is -2.43. The van der Waals surface area contributed by atoms with Crippen molar-refractivity contribution in [2.24, 2.45) is 40.4 Å². The summed E-state index contributed by atoms with van der Waals surface area (Å²) in [5.41, 5.74) is 16.6. The number of hydrogen-bond donors (Lipinski definition) is 8. The van der Waals surface area contributed by atoms with Crippen LogP contribution in [0, 0.1) is 23.2 Å². The second-order valence-electron chi connectivity index (χ2n) is 13.8. The second-order valence-corrected chi connectivity index (χ2v) is 13.8. The molecule has 0 aliphatic heterocycles. The van der Waals surface area contributed by atoms with Crippen LogP contribution >= 0.6 is 0 Å². The summed E-state index contributed by atoms with van der Waals surface area (Å²) in [7, 11) is 0. The molecular formula is C35H56N8O6. The van der Waals surface area contributed by atoms with Crippen molar-refractivity contribution in [1.29, 1.82) is 0 Å². The Labute approximate surface area is 288 Å². The van der Waals surface area contributed by atoms with Crippen LogP contribution < -0.4 is 27.8 Å². The molecule has 1 fully saturated rings. The van der Waals surface area contributed by atoms with E-state index in [2.05, 4.69) is 25.6 Å². The lowest BCUT2D eigenvalue weighted by Crippen LogP contribution is -2.67. The third kappa shape index (κ3) is 9.57. The molecule has 49 heavy (non-hydrogen) atoms. The topological polar surface area (TPSA) is 252 Å². The first-order chi connectivity index (χ1) is 23.3. The van der Waals surface area contributed by atoms with Crippen LogP contribution in [0.4, 0.5) is 0 Å². The number of H-pyrrole nitrogens is 1. The number of Topliss-reactive ketones (excluding diaryl/α,β-unsaturated/α-hetero) is 2. The van der Waals surface area contributed by atoms with E-state index in [4.69, 9.17) is 17.2 Å². The Morgan fingerprint density at radius 1 is 1.04 bits per heavy atom. The standard InChI is InChI=1S/C35H56N8O6/c1-5-21(4)28(38)31(46)29(25-13-9-10-14-40-25)43-34(49)35(20(2)3,33(48)30(45)24(37)15-22-11-7-6-8-12-22)32(47)26(42-27(44)17-36)16-23-18-39-19-41-23/h9-10,13-14,18-22,24,26,28-30,33,45,48H,5-8,11-12,15-17,36-38H2,1-4H3,(H,39,41)(H,42,44)(H,43,49)/t21-,24-,26-,28-,29?,30+,33-,35-/m0/s1. The van der Waals surface area contributed by atoms with Gasteiger partial charge in [-0.2, -0.15) is 0 Å². The molecule has 272 valence electrons. The first-order valence-corrected chi connectivity index (χ1v) is 17.4. The monoisotopic (exact) mass is 684 g/mol. The summed E-state index contributed by atoms with van der Waals surface area (Å²) in [6, 6.07) is 0.0807. The Bertz CT molecular complexity index is 1350. The molecule has 2 amide bonds. The normalized spacial score (nSPS) is 19.5. The molecule has 1 aliphatic rings.